The van der Waals surface area contributed by atoms with Crippen molar-refractivity contribution >= 4 is 22.3 Å². The van der Waals surface area contributed by atoms with E-state index in [2.05, 4.69) is 10.4 Å². The van der Waals surface area contributed by atoms with E-state index >= 15 is 0 Å². The van der Waals surface area contributed by atoms with Gasteiger partial charge >= 0.3 is 6.18 Å². The van der Waals surface area contributed by atoms with E-state index in [9.17, 15) is 28.1 Å². The molecule has 0 aliphatic carbocycles. The molecule has 0 amide bonds. The molecule has 0 unspecified atom stereocenters. The molecule has 3 aromatic rings. The molecule has 0 bridgehead atoms. The minimum atomic E-state index is -4.76. The molecule has 182 valence electrons. The standard InChI is InChI=1S/C22H23F3N4O5/c1-11(2)34-19-9-16-17(10-18(19)33-5)21(30)28(4)27-20(16)26-12(3)13-6-14(22(23,24)25)8-15(7-13)29(31)32/h6-12H,1-5H3,(H,26,27)/t12-/m1/s1. The molecule has 0 saturated heterocycles. The fourth-order valence-corrected chi connectivity index (χ4v) is 3.41. The van der Waals surface area contributed by atoms with Crippen LogP contribution in [0.1, 0.15) is 37.9 Å². The van der Waals surface area contributed by atoms with Crippen molar-refractivity contribution < 1.29 is 27.6 Å². The fourth-order valence-electron chi connectivity index (χ4n) is 3.41. The average molecular weight is 480 g/mol. The van der Waals surface area contributed by atoms with Gasteiger partial charge in [-0.25, -0.2) is 4.68 Å². The number of fused-ring (bicyclic) bond motifs is 1. The van der Waals surface area contributed by atoms with Gasteiger partial charge in [0, 0.05) is 24.6 Å². The van der Waals surface area contributed by atoms with Gasteiger partial charge in [-0.15, -0.1) is 0 Å². The van der Waals surface area contributed by atoms with Crippen LogP contribution in [0, 0.1) is 10.1 Å². The van der Waals surface area contributed by atoms with Crippen LogP contribution in [0.15, 0.2) is 35.1 Å². The summed E-state index contributed by atoms with van der Waals surface area (Å²) in [4.78, 5) is 23.0. The highest BCUT2D eigenvalue weighted by Crippen LogP contribution is 2.37. The summed E-state index contributed by atoms with van der Waals surface area (Å²) in [6, 6.07) is 4.62. The normalized spacial score (nSPS) is 12.6. The van der Waals surface area contributed by atoms with Crippen molar-refractivity contribution in [3.05, 3.63) is 61.9 Å². The van der Waals surface area contributed by atoms with Crippen LogP contribution in [0.4, 0.5) is 24.7 Å². The van der Waals surface area contributed by atoms with Gasteiger partial charge in [0.25, 0.3) is 11.2 Å². The number of nitro benzene ring substituents is 1. The van der Waals surface area contributed by atoms with Crippen LogP contribution >= 0.6 is 0 Å². The summed E-state index contributed by atoms with van der Waals surface area (Å²) >= 11 is 0. The van der Waals surface area contributed by atoms with Crippen molar-refractivity contribution in [1.29, 1.82) is 0 Å². The van der Waals surface area contributed by atoms with E-state index in [1.165, 1.54) is 27.1 Å². The molecule has 9 nitrogen and oxygen atoms in total. The Morgan fingerprint density at radius 2 is 1.74 bits per heavy atom. The van der Waals surface area contributed by atoms with Crippen molar-refractivity contribution in [3.63, 3.8) is 0 Å². The van der Waals surface area contributed by atoms with Gasteiger partial charge in [0.1, 0.15) is 0 Å². The summed E-state index contributed by atoms with van der Waals surface area (Å²) in [5.41, 5.74) is -2.22. The Hall–Kier alpha value is -3.83. The van der Waals surface area contributed by atoms with Gasteiger partial charge in [-0.1, -0.05) is 0 Å². The summed E-state index contributed by atoms with van der Waals surface area (Å²) in [5.74, 6) is 0.864. The predicted octanol–water partition coefficient (Wildman–Crippen LogP) is 4.83. The number of halogens is 3. The quantitative estimate of drug-likeness (QED) is 0.381. The first-order chi connectivity index (χ1) is 15.8. The maximum Gasteiger partial charge on any atom is 0.416 e. The fraction of sp³-hybridized carbons (Fsp3) is 0.364. The minimum Gasteiger partial charge on any atom is -0.493 e. The van der Waals surface area contributed by atoms with Gasteiger partial charge < -0.3 is 14.8 Å². The topological polar surface area (TPSA) is 109 Å². The predicted molar refractivity (Wildman–Crippen MR) is 119 cm³/mol. The molecule has 34 heavy (non-hydrogen) atoms. The molecule has 1 aromatic heterocycles. The highest BCUT2D eigenvalue weighted by atomic mass is 19.4. The summed E-state index contributed by atoms with van der Waals surface area (Å²) < 4.78 is 52.1. The third kappa shape index (κ3) is 5.05. The van der Waals surface area contributed by atoms with Crippen LogP contribution in [-0.4, -0.2) is 27.9 Å². The lowest BCUT2D eigenvalue weighted by Gasteiger charge is -2.20. The number of benzene rings is 2. The van der Waals surface area contributed by atoms with Crippen LogP contribution in [-0.2, 0) is 13.2 Å². The molecular formula is C22H23F3N4O5. The maximum atomic E-state index is 13.3. The number of non-ortho nitro benzene ring substituents is 1. The number of aromatic nitrogens is 2. The summed E-state index contributed by atoms with van der Waals surface area (Å²) in [6.45, 7) is 5.16. The van der Waals surface area contributed by atoms with Crippen LogP contribution in [0.25, 0.3) is 10.8 Å². The number of anilines is 1. The molecule has 1 heterocycles. The smallest absolute Gasteiger partial charge is 0.416 e. The molecule has 0 aliphatic heterocycles. The molecule has 1 atom stereocenters. The van der Waals surface area contributed by atoms with Crippen LogP contribution < -0.4 is 20.3 Å². The number of alkyl halides is 3. The van der Waals surface area contributed by atoms with E-state index < -0.39 is 34.0 Å². The highest BCUT2D eigenvalue weighted by Gasteiger charge is 2.33. The number of hydrogen-bond acceptors (Lipinski definition) is 7. The SMILES string of the molecule is COc1cc2c(=O)n(C)nc(N[C@H](C)c3cc([N+](=O)[O-])cc(C(F)(F)F)c3)c2cc1OC(C)C. The number of methoxy groups -OCH3 is 1. The molecule has 0 aliphatic rings. The highest BCUT2D eigenvalue weighted by molar-refractivity contribution is 5.93. The molecule has 0 saturated carbocycles. The third-order valence-electron chi connectivity index (χ3n) is 5.03. The van der Waals surface area contributed by atoms with Gasteiger partial charge in [0.2, 0.25) is 0 Å². The molecule has 0 fully saturated rings. The Bertz CT molecular complexity index is 1300. The van der Waals surface area contributed by atoms with Crippen molar-refractivity contribution in [2.24, 2.45) is 7.05 Å². The van der Waals surface area contributed by atoms with E-state index in [0.717, 1.165) is 16.8 Å². The Kier molecular flexibility index (Phi) is 6.71. The van der Waals surface area contributed by atoms with Crippen molar-refractivity contribution in [3.8, 4) is 11.5 Å². The van der Waals surface area contributed by atoms with Gasteiger partial charge in [-0.3, -0.25) is 14.9 Å². The molecule has 1 N–H and O–H groups in total. The largest absolute Gasteiger partial charge is 0.493 e. The van der Waals surface area contributed by atoms with Crippen LogP contribution in [0.5, 0.6) is 11.5 Å². The second kappa shape index (κ2) is 9.20. The molecule has 3 rings (SSSR count). The third-order valence-corrected chi connectivity index (χ3v) is 5.03. The molecule has 2 aromatic carbocycles. The van der Waals surface area contributed by atoms with Crippen molar-refractivity contribution in [1.82, 2.24) is 9.78 Å². The van der Waals surface area contributed by atoms with E-state index in [4.69, 9.17) is 9.47 Å². The zero-order valence-corrected chi connectivity index (χ0v) is 19.1. The van der Waals surface area contributed by atoms with Crippen molar-refractivity contribution in [2.75, 3.05) is 12.4 Å². The Morgan fingerprint density at radius 3 is 2.29 bits per heavy atom. The van der Waals surface area contributed by atoms with E-state index in [0.29, 0.717) is 23.0 Å². The number of aryl methyl sites for hydroxylation is 1. The number of ether oxygens (including phenoxy) is 2. The lowest BCUT2D eigenvalue weighted by atomic mass is 10.0. The minimum absolute atomic E-state index is 0.0255. The van der Waals surface area contributed by atoms with E-state index in [1.807, 2.05) is 13.8 Å². The lowest BCUT2D eigenvalue weighted by Crippen LogP contribution is -2.22. The first-order valence-electron chi connectivity index (χ1n) is 10.2. The van der Waals surface area contributed by atoms with Crippen LogP contribution in [0.2, 0.25) is 0 Å². The number of nitro groups is 1. The van der Waals surface area contributed by atoms with E-state index in [1.54, 1.807) is 6.07 Å². The molecular weight excluding hydrogens is 457 g/mol. The number of nitrogens with one attached hydrogen (secondary N) is 1. The average Bonchev–Trinajstić information content (AvgIpc) is 2.75. The lowest BCUT2D eigenvalue weighted by molar-refractivity contribution is -0.385. The second-order valence-corrected chi connectivity index (χ2v) is 7.93. The monoisotopic (exact) mass is 480 g/mol. The number of rotatable bonds is 7. The zero-order chi connectivity index (χ0) is 25.4. The molecule has 12 heteroatoms. The van der Waals surface area contributed by atoms with Gasteiger partial charge in [-0.2, -0.15) is 18.3 Å². The van der Waals surface area contributed by atoms with E-state index in [-0.39, 0.29) is 22.9 Å². The Balaban J connectivity index is 2.14. The number of nitrogens with zero attached hydrogens (tertiary/aromatic N) is 3. The summed E-state index contributed by atoms with van der Waals surface area (Å²) in [7, 11) is 2.86. The Morgan fingerprint density at radius 1 is 1.09 bits per heavy atom. The second-order valence-electron chi connectivity index (χ2n) is 7.93. The van der Waals surface area contributed by atoms with Gasteiger partial charge in [-0.05, 0) is 44.5 Å². The maximum absolute atomic E-state index is 13.3. The molecule has 0 radical (unpaired) electrons. The first-order valence-corrected chi connectivity index (χ1v) is 10.2. The summed E-state index contributed by atoms with van der Waals surface area (Å²) in [6.07, 6.45) is -4.96. The Labute approximate surface area is 192 Å². The summed E-state index contributed by atoms with van der Waals surface area (Å²) in [5, 5.41) is 19.0. The van der Waals surface area contributed by atoms with Crippen LogP contribution in [0.3, 0.4) is 0 Å². The van der Waals surface area contributed by atoms with Gasteiger partial charge in [0.05, 0.1) is 35.1 Å². The molecule has 0 spiro atoms. The van der Waals surface area contributed by atoms with Crippen molar-refractivity contribution in [2.45, 2.75) is 39.1 Å². The first kappa shape index (κ1) is 24.8. The number of hydrogen-bond donors (Lipinski definition) is 1. The zero-order valence-electron chi connectivity index (χ0n) is 19.1. The van der Waals surface area contributed by atoms with Gasteiger partial charge in [0.15, 0.2) is 17.3 Å².